The second kappa shape index (κ2) is 9.32. The van der Waals surface area contributed by atoms with Crippen LogP contribution in [0.15, 0.2) is 30.6 Å². The van der Waals surface area contributed by atoms with E-state index in [0.717, 1.165) is 38.0 Å². The van der Waals surface area contributed by atoms with Crippen molar-refractivity contribution in [2.75, 3.05) is 19.6 Å². The molecule has 0 radical (unpaired) electrons. The van der Waals surface area contributed by atoms with Crippen LogP contribution in [-0.4, -0.2) is 35.4 Å². The van der Waals surface area contributed by atoms with Gasteiger partial charge in [-0.2, -0.15) is 0 Å². The van der Waals surface area contributed by atoms with Gasteiger partial charge in [-0.25, -0.2) is 0 Å². The van der Waals surface area contributed by atoms with Gasteiger partial charge in [0.15, 0.2) is 0 Å². The molecule has 1 aliphatic heterocycles. The quantitative estimate of drug-likeness (QED) is 0.861. The maximum atomic E-state index is 12.7. The van der Waals surface area contributed by atoms with Crippen molar-refractivity contribution in [2.24, 2.45) is 0 Å². The molecule has 3 rings (SSSR count). The fourth-order valence-electron chi connectivity index (χ4n) is 3.38. The van der Waals surface area contributed by atoms with E-state index in [1.165, 1.54) is 15.3 Å². The van der Waals surface area contributed by atoms with E-state index in [4.69, 9.17) is 0 Å². The van der Waals surface area contributed by atoms with Crippen molar-refractivity contribution >= 4 is 29.7 Å². The normalized spacial score (nSPS) is 17.2. The van der Waals surface area contributed by atoms with E-state index in [1.807, 2.05) is 28.5 Å². The lowest BCUT2D eigenvalue weighted by Gasteiger charge is -2.36. The summed E-state index contributed by atoms with van der Waals surface area (Å²) in [5, 5.41) is 3.39. The summed E-state index contributed by atoms with van der Waals surface area (Å²) in [7, 11) is 0. The van der Waals surface area contributed by atoms with Gasteiger partial charge in [0.25, 0.3) is 0 Å². The first kappa shape index (κ1) is 19.9. The second-order valence-corrected chi connectivity index (χ2v) is 7.85. The van der Waals surface area contributed by atoms with Gasteiger partial charge in [0.2, 0.25) is 5.91 Å². The summed E-state index contributed by atoms with van der Waals surface area (Å²) in [6.45, 7) is 6.76. The molecule has 1 unspecified atom stereocenters. The number of piperazine rings is 1. The molecule has 0 aliphatic carbocycles. The van der Waals surface area contributed by atoms with Crippen LogP contribution in [0.3, 0.4) is 0 Å². The fourth-order valence-corrected chi connectivity index (χ4v) is 4.36. The highest BCUT2D eigenvalue weighted by Crippen LogP contribution is 2.24. The van der Waals surface area contributed by atoms with Crippen LogP contribution < -0.4 is 5.32 Å². The van der Waals surface area contributed by atoms with Gasteiger partial charge in [0, 0.05) is 48.2 Å². The number of pyridine rings is 1. The number of aromatic nitrogens is 1. The number of amides is 1. The van der Waals surface area contributed by atoms with Crippen LogP contribution >= 0.6 is 23.7 Å². The molecular weight excluding hydrogens is 354 g/mol. The van der Waals surface area contributed by atoms with Gasteiger partial charge >= 0.3 is 0 Å². The number of hydrogen-bond donors (Lipinski definition) is 1. The van der Waals surface area contributed by atoms with Gasteiger partial charge < -0.3 is 10.2 Å². The molecule has 1 aliphatic rings. The minimum Gasteiger partial charge on any atom is -0.333 e. The van der Waals surface area contributed by atoms with E-state index in [9.17, 15) is 4.79 Å². The standard InChI is InChI=1S/C19H25N3OS.ClH/c1-14-11-16(15(2)24-14)5-3-7-19(23)22-10-9-21-13-18(22)17-6-4-8-20-12-17;/h4,6,8,11-12,18,21H,3,5,7,9-10,13H2,1-2H3;1H. The average molecular weight is 380 g/mol. The summed E-state index contributed by atoms with van der Waals surface area (Å²) in [6, 6.07) is 6.36. The zero-order chi connectivity index (χ0) is 16.9. The fraction of sp³-hybridized carbons (Fsp3) is 0.474. The van der Waals surface area contributed by atoms with Crippen molar-refractivity contribution in [2.45, 2.75) is 39.2 Å². The zero-order valence-corrected chi connectivity index (χ0v) is 16.5. The molecule has 1 amide bonds. The number of aryl methyl sites for hydroxylation is 3. The molecule has 0 bridgehead atoms. The molecule has 3 heterocycles. The molecule has 1 fully saturated rings. The molecule has 25 heavy (non-hydrogen) atoms. The van der Waals surface area contributed by atoms with Crippen molar-refractivity contribution < 1.29 is 4.79 Å². The minimum atomic E-state index is 0. The number of carbonyl (C=O) groups excluding carboxylic acids is 1. The van der Waals surface area contributed by atoms with Crippen molar-refractivity contribution in [3.63, 3.8) is 0 Å². The molecule has 1 atom stereocenters. The third-order valence-electron chi connectivity index (χ3n) is 4.61. The summed E-state index contributed by atoms with van der Waals surface area (Å²) in [5.41, 5.74) is 2.51. The van der Waals surface area contributed by atoms with Crippen LogP contribution in [0.5, 0.6) is 0 Å². The van der Waals surface area contributed by atoms with Crippen molar-refractivity contribution in [1.82, 2.24) is 15.2 Å². The van der Waals surface area contributed by atoms with Crippen molar-refractivity contribution in [3.05, 3.63) is 51.5 Å². The van der Waals surface area contributed by atoms with Crippen LogP contribution in [-0.2, 0) is 11.2 Å². The topological polar surface area (TPSA) is 45.2 Å². The minimum absolute atomic E-state index is 0. The Kier molecular flexibility index (Phi) is 7.41. The molecule has 0 spiro atoms. The Bertz CT molecular complexity index is 689. The van der Waals surface area contributed by atoms with Gasteiger partial charge in [-0.3, -0.25) is 9.78 Å². The largest absolute Gasteiger partial charge is 0.333 e. The van der Waals surface area contributed by atoms with Crippen LogP contribution in [0, 0.1) is 13.8 Å². The highest BCUT2D eigenvalue weighted by Gasteiger charge is 2.27. The van der Waals surface area contributed by atoms with Crippen LogP contribution in [0.4, 0.5) is 0 Å². The molecule has 2 aromatic rings. The van der Waals surface area contributed by atoms with Crippen molar-refractivity contribution in [1.29, 1.82) is 0 Å². The van der Waals surface area contributed by atoms with Gasteiger partial charge in [-0.15, -0.1) is 23.7 Å². The van der Waals surface area contributed by atoms with Gasteiger partial charge in [-0.05, 0) is 49.9 Å². The molecule has 136 valence electrons. The molecule has 1 saturated heterocycles. The first-order valence-corrected chi connectivity index (χ1v) is 9.43. The lowest BCUT2D eigenvalue weighted by Crippen LogP contribution is -2.48. The Morgan fingerprint density at radius 3 is 2.96 bits per heavy atom. The van der Waals surface area contributed by atoms with E-state index in [1.54, 1.807) is 6.20 Å². The van der Waals surface area contributed by atoms with Crippen LogP contribution in [0.2, 0.25) is 0 Å². The predicted molar refractivity (Wildman–Crippen MR) is 106 cm³/mol. The molecule has 6 heteroatoms. The summed E-state index contributed by atoms with van der Waals surface area (Å²) < 4.78 is 0. The van der Waals surface area contributed by atoms with E-state index >= 15 is 0 Å². The van der Waals surface area contributed by atoms with Crippen LogP contribution in [0.25, 0.3) is 0 Å². The number of nitrogens with zero attached hydrogens (tertiary/aromatic N) is 2. The molecular formula is C19H26ClN3OS. The van der Waals surface area contributed by atoms with Crippen LogP contribution in [0.1, 0.15) is 39.8 Å². The van der Waals surface area contributed by atoms with Gasteiger partial charge in [0.1, 0.15) is 0 Å². The van der Waals surface area contributed by atoms with Gasteiger partial charge in [0.05, 0.1) is 6.04 Å². The highest BCUT2D eigenvalue weighted by atomic mass is 35.5. The number of halogens is 1. The summed E-state index contributed by atoms with van der Waals surface area (Å²) in [5.74, 6) is 0.259. The number of hydrogen-bond acceptors (Lipinski definition) is 4. The lowest BCUT2D eigenvalue weighted by atomic mass is 10.0. The lowest BCUT2D eigenvalue weighted by molar-refractivity contribution is -0.134. The first-order chi connectivity index (χ1) is 11.6. The molecule has 0 aromatic carbocycles. The molecule has 2 aromatic heterocycles. The summed E-state index contributed by atoms with van der Waals surface area (Å²) in [4.78, 5) is 21.7. The third kappa shape index (κ3) is 5.03. The average Bonchev–Trinajstić information content (AvgIpc) is 2.93. The maximum Gasteiger partial charge on any atom is 0.223 e. The predicted octanol–water partition coefficient (Wildman–Crippen LogP) is 3.68. The Hall–Kier alpha value is -1.43. The summed E-state index contributed by atoms with van der Waals surface area (Å²) in [6.07, 6.45) is 6.17. The molecule has 1 N–H and O–H groups in total. The Morgan fingerprint density at radius 2 is 2.28 bits per heavy atom. The zero-order valence-electron chi connectivity index (χ0n) is 14.8. The van der Waals surface area contributed by atoms with E-state index in [2.05, 4.69) is 36.3 Å². The third-order valence-corrected chi connectivity index (χ3v) is 5.62. The number of rotatable bonds is 5. The second-order valence-electron chi connectivity index (χ2n) is 6.39. The first-order valence-electron chi connectivity index (χ1n) is 8.61. The number of thiophene rings is 1. The number of carbonyl (C=O) groups is 1. The maximum absolute atomic E-state index is 12.7. The Balaban J connectivity index is 0.00000225. The van der Waals surface area contributed by atoms with E-state index < -0.39 is 0 Å². The highest BCUT2D eigenvalue weighted by molar-refractivity contribution is 7.12. The smallest absolute Gasteiger partial charge is 0.223 e. The van der Waals surface area contributed by atoms with E-state index in [-0.39, 0.29) is 24.4 Å². The molecule has 0 saturated carbocycles. The SMILES string of the molecule is Cc1cc(CCCC(=O)N2CCNCC2c2cccnc2)c(C)s1.Cl. The van der Waals surface area contributed by atoms with E-state index in [0.29, 0.717) is 6.42 Å². The van der Waals surface area contributed by atoms with Crippen molar-refractivity contribution in [3.8, 4) is 0 Å². The number of nitrogens with one attached hydrogen (secondary N) is 1. The summed E-state index contributed by atoms with van der Waals surface area (Å²) >= 11 is 1.84. The molecule has 4 nitrogen and oxygen atoms in total. The Morgan fingerprint density at radius 1 is 1.44 bits per heavy atom. The van der Waals surface area contributed by atoms with Gasteiger partial charge in [-0.1, -0.05) is 6.07 Å². The monoisotopic (exact) mass is 379 g/mol. The Labute approximate surface area is 160 Å².